The number of nitro benzene ring substituents is 1. The second kappa shape index (κ2) is 7.10. The molecule has 9 nitrogen and oxygen atoms in total. The number of nitrogens with two attached hydrogens (primary N) is 2. The molecule has 21 heavy (non-hydrogen) atoms. The Kier molecular flexibility index (Phi) is 5.49. The number of non-ortho nitro benzene ring substituents is 1. The zero-order valence-corrected chi connectivity index (χ0v) is 11.0. The largest absolute Gasteiger partial charge is 0.369 e. The maximum Gasteiger partial charge on any atom is 0.269 e. The van der Waals surface area contributed by atoms with Crippen molar-refractivity contribution in [2.75, 3.05) is 19.6 Å². The molecule has 0 spiro atoms. The minimum atomic E-state index is -0.701. The van der Waals surface area contributed by atoms with E-state index in [1.807, 2.05) is 0 Å². The van der Waals surface area contributed by atoms with Crippen LogP contribution in [-0.4, -0.2) is 47.1 Å². The molecular formula is C12H14N4O5. The molecule has 0 bridgehead atoms. The number of benzene rings is 1. The maximum atomic E-state index is 12.0. The molecule has 1 aromatic rings. The first-order valence-corrected chi connectivity index (χ1v) is 5.86. The Balaban J connectivity index is 2.78. The Morgan fingerprint density at radius 1 is 1.00 bits per heavy atom. The molecule has 1 rings (SSSR count). The van der Waals surface area contributed by atoms with Gasteiger partial charge < -0.3 is 11.5 Å². The molecule has 1 aromatic carbocycles. The van der Waals surface area contributed by atoms with Crippen LogP contribution in [0.3, 0.4) is 0 Å². The Labute approximate surface area is 119 Å². The third kappa shape index (κ3) is 5.37. The predicted molar refractivity (Wildman–Crippen MR) is 72.3 cm³/mol. The van der Waals surface area contributed by atoms with Gasteiger partial charge >= 0.3 is 0 Å². The highest BCUT2D eigenvalue weighted by Crippen LogP contribution is 2.12. The fourth-order valence-electron chi connectivity index (χ4n) is 1.67. The summed E-state index contributed by atoms with van der Waals surface area (Å²) < 4.78 is 0. The van der Waals surface area contributed by atoms with Gasteiger partial charge in [-0.3, -0.25) is 29.4 Å². The first-order valence-electron chi connectivity index (χ1n) is 5.86. The van der Waals surface area contributed by atoms with Crippen LogP contribution < -0.4 is 11.5 Å². The molecule has 0 fully saturated rings. The first kappa shape index (κ1) is 16.2. The summed E-state index contributed by atoms with van der Waals surface area (Å²) in [7, 11) is 0. The van der Waals surface area contributed by atoms with Crippen LogP contribution in [0.15, 0.2) is 24.3 Å². The van der Waals surface area contributed by atoms with E-state index in [1.165, 1.54) is 29.2 Å². The number of hydrogen-bond acceptors (Lipinski definition) is 6. The minimum absolute atomic E-state index is 0.141. The number of carbonyl (C=O) groups is 3. The second-order valence-electron chi connectivity index (χ2n) is 4.30. The summed E-state index contributed by atoms with van der Waals surface area (Å²) in [6.45, 7) is -0.826. The third-order valence-electron chi connectivity index (χ3n) is 2.53. The van der Waals surface area contributed by atoms with Gasteiger partial charge in [0.2, 0.25) is 11.8 Å². The average molecular weight is 294 g/mol. The van der Waals surface area contributed by atoms with E-state index < -0.39 is 22.5 Å². The Morgan fingerprint density at radius 3 is 1.86 bits per heavy atom. The topological polar surface area (TPSA) is 150 Å². The van der Waals surface area contributed by atoms with Gasteiger partial charge in [-0.25, -0.2) is 0 Å². The highest BCUT2D eigenvalue weighted by atomic mass is 16.6. The zero-order valence-electron chi connectivity index (χ0n) is 11.0. The monoisotopic (exact) mass is 294 g/mol. The van der Waals surface area contributed by atoms with Gasteiger partial charge in [-0.1, -0.05) is 0 Å². The van der Waals surface area contributed by atoms with Crippen LogP contribution >= 0.6 is 0 Å². The molecule has 0 radical (unpaired) electrons. The highest BCUT2D eigenvalue weighted by Gasteiger charge is 2.17. The lowest BCUT2D eigenvalue weighted by Gasteiger charge is -2.17. The SMILES string of the molecule is NC(=O)CN(CC(N)=O)CC(=O)c1ccc([N+](=O)[O-])cc1. The molecule has 0 saturated carbocycles. The van der Waals surface area contributed by atoms with Crippen molar-refractivity contribution >= 4 is 23.3 Å². The molecule has 9 heteroatoms. The van der Waals surface area contributed by atoms with Crippen LogP contribution in [0.4, 0.5) is 5.69 Å². The van der Waals surface area contributed by atoms with E-state index in [1.54, 1.807) is 0 Å². The van der Waals surface area contributed by atoms with Crippen LogP contribution in [0, 0.1) is 10.1 Å². The number of primary amides is 2. The van der Waals surface area contributed by atoms with Crippen molar-refractivity contribution in [3.63, 3.8) is 0 Å². The summed E-state index contributed by atoms with van der Waals surface area (Å²) in [5, 5.41) is 10.5. The van der Waals surface area contributed by atoms with Crippen LogP contribution in [0.25, 0.3) is 0 Å². The molecule has 2 amide bonds. The van der Waals surface area contributed by atoms with E-state index >= 15 is 0 Å². The molecule has 0 aromatic heterocycles. The fourth-order valence-corrected chi connectivity index (χ4v) is 1.67. The van der Waals surface area contributed by atoms with E-state index in [0.717, 1.165) is 0 Å². The molecule has 0 heterocycles. The standard InChI is InChI=1S/C12H14N4O5/c13-11(18)6-15(7-12(14)19)5-10(17)8-1-3-9(4-2-8)16(20)21/h1-4H,5-7H2,(H2,13,18)(H2,14,19). The maximum absolute atomic E-state index is 12.0. The summed E-state index contributed by atoms with van der Waals surface area (Å²) >= 11 is 0. The van der Waals surface area contributed by atoms with Crippen molar-refractivity contribution in [1.82, 2.24) is 4.90 Å². The molecule has 0 unspecified atom stereocenters. The van der Waals surface area contributed by atoms with Gasteiger partial charge in [-0.15, -0.1) is 0 Å². The van der Waals surface area contributed by atoms with Gasteiger partial charge in [0.25, 0.3) is 5.69 Å². The lowest BCUT2D eigenvalue weighted by atomic mass is 10.1. The van der Waals surface area contributed by atoms with E-state index in [0.29, 0.717) is 0 Å². The fraction of sp³-hybridized carbons (Fsp3) is 0.250. The lowest BCUT2D eigenvalue weighted by Crippen LogP contribution is -2.42. The highest BCUT2D eigenvalue weighted by molar-refractivity contribution is 5.98. The number of rotatable bonds is 8. The van der Waals surface area contributed by atoms with Gasteiger partial charge in [-0.2, -0.15) is 0 Å². The Bertz CT molecular complexity index is 554. The van der Waals surface area contributed by atoms with E-state index in [4.69, 9.17) is 11.5 Å². The molecular weight excluding hydrogens is 280 g/mol. The van der Waals surface area contributed by atoms with Crippen molar-refractivity contribution in [3.8, 4) is 0 Å². The zero-order chi connectivity index (χ0) is 16.0. The lowest BCUT2D eigenvalue weighted by molar-refractivity contribution is -0.384. The number of amides is 2. The summed E-state index contributed by atoms with van der Waals surface area (Å²) in [5.41, 5.74) is 10.1. The number of hydrogen-bond donors (Lipinski definition) is 2. The van der Waals surface area contributed by atoms with E-state index in [2.05, 4.69) is 0 Å². The molecule has 0 aliphatic carbocycles. The van der Waals surface area contributed by atoms with Crippen LogP contribution in [0.2, 0.25) is 0 Å². The number of carbonyl (C=O) groups excluding carboxylic acids is 3. The average Bonchev–Trinajstić information content (AvgIpc) is 2.37. The van der Waals surface area contributed by atoms with E-state index in [-0.39, 0.29) is 30.9 Å². The third-order valence-corrected chi connectivity index (χ3v) is 2.53. The summed E-state index contributed by atoms with van der Waals surface area (Å²) in [6, 6.07) is 4.99. The molecule has 0 aliphatic heterocycles. The van der Waals surface area contributed by atoms with Gasteiger partial charge in [0.15, 0.2) is 5.78 Å². The predicted octanol–water partition coefficient (Wildman–Crippen LogP) is -0.950. The summed E-state index contributed by atoms with van der Waals surface area (Å²) in [4.78, 5) is 44.9. The normalized spacial score (nSPS) is 10.3. The number of nitro groups is 1. The van der Waals surface area contributed by atoms with Crippen molar-refractivity contribution in [3.05, 3.63) is 39.9 Å². The van der Waals surface area contributed by atoms with Crippen molar-refractivity contribution < 1.29 is 19.3 Å². The molecule has 0 aliphatic rings. The van der Waals surface area contributed by atoms with Gasteiger partial charge in [0, 0.05) is 17.7 Å². The number of nitrogens with zero attached hydrogens (tertiary/aromatic N) is 2. The smallest absolute Gasteiger partial charge is 0.269 e. The van der Waals surface area contributed by atoms with Crippen LogP contribution in [0.1, 0.15) is 10.4 Å². The minimum Gasteiger partial charge on any atom is -0.369 e. The van der Waals surface area contributed by atoms with Crippen LogP contribution in [0.5, 0.6) is 0 Å². The summed E-state index contributed by atoms with van der Waals surface area (Å²) in [5.74, 6) is -1.81. The van der Waals surface area contributed by atoms with Crippen molar-refractivity contribution in [2.45, 2.75) is 0 Å². The second-order valence-corrected chi connectivity index (χ2v) is 4.30. The van der Waals surface area contributed by atoms with Gasteiger partial charge in [0.05, 0.1) is 24.6 Å². The van der Waals surface area contributed by atoms with Crippen LogP contribution in [-0.2, 0) is 9.59 Å². The Morgan fingerprint density at radius 2 is 1.48 bits per heavy atom. The first-order chi connectivity index (χ1) is 9.79. The molecule has 4 N–H and O–H groups in total. The molecule has 112 valence electrons. The molecule has 0 atom stereocenters. The Hall–Kier alpha value is -2.81. The van der Waals surface area contributed by atoms with E-state index in [9.17, 15) is 24.5 Å². The summed E-state index contributed by atoms with van der Waals surface area (Å²) in [6.07, 6.45) is 0. The van der Waals surface area contributed by atoms with Crippen molar-refractivity contribution in [2.24, 2.45) is 11.5 Å². The number of ketones is 1. The quantitative estimate of drug-likeness (QED) is 0.358. The van der Waals surface area contributed by atoms with Crippen molar-refractivity contribution in [1.29, 1.82) is 0 Å². The number of Topliss-reactive ketones (excluding diaryl/α,β-unsaturated/α-hetero) is 1. The van der Waals surface area contributed by atoms with Gasteiger partial charge in [-0.05, 0) is 12.1 Å². The molecule has 0 saturated heterocycles. The van der Waals surface area contributed by atoms with Gasteiger partial charge in [0.1, 0.15) is 0 Å².